The van der Waals surface area contributed by atoms with Crippen LogP contribution in [0.2, 0.25) is 0 Å². The van der Waals surface area contributed by atoms with Crippen LogP contribution in [-0.4, -0.2) is 20.1 Å². The molecule has 2 aromatic rings. The van der Waals surface area contributed by atoms with E-state index in [1.165, 1.54) is 11.8 Å². The zero-order chi connectivity index (χ0) is 15.5. The van der Waals surface area contributed by atoms with E-state index in [1.54, 1.807) is 14.2 Å². The van der Waals surface area contributed by atoms with Crippen LogP contribution in [0, 0.1) is 0 Å². The third-order valence-corrected chi connectivity index (χ3v) is 4.40. The van der Waals surface area contributed by atoms with Crippen molar-refractivity contribution in [1.82, 2.24) is 0 Å². The van der Waals surface area contributed by atoms with Crippen LogP contribution in [-0.2, 0) is 4.79 Å². The lowest BCUT2D eigenvalue weighted by Gasteiger charge is -2.18. The molecule has 22 heavy (non-hydrogen) atoms. The summed E-state index contributed by atoms with van der Waals surface area (Å²) in [6.07, 6.45) is 1.82. The van der Waals surface area contributed by atoms with Crippen LogP contribution < -0.4 is 14.8 Å². The van der Waals surface area contributed by atoms with Gasteiger partial charge in [0.25, 0.3) is 5.91 Å². The fourth-order valence-electron chi connectivity index (χ4n) is 2.20. The van der Waals surface area contributed by atoms with Gasteiger partial charge in [-0.25, -0.2) is 0 Å². The van der Waals surface area contributed by atoms with Gasteiger partial charge in [0, 0.05) is 10.5 Å². The summed E-state index contributed by atoms with van der Waals surface area (Å²) in [5, 5.41) is 2.90. The average Bonchev–Trinajstić information content (AvgIpc) is 2.55. The summed E-state index contributed by atoms with van der Waals surface area (Å²) in [7, 11) is 3.21. The number of para-hydroxylation sites is 1. The number of carbonyl (C=O) groups excluding carboxylic acids is 1. The first-order valence-corrected chi connectivity index (χ1v) is 7.55. The first-order chi connectivity index (χ1) is 10.7. The van der Waals surface area contributed by atoms with Gasteiger partial charge in [-0.2, -0.15) is 0 Å². The third-order valence-electron chi connectivity index (χ3n) is 3.30. The lowest BCUT2D eigenvalue weighted by Crippen LogP contribution is -2.17. The van der Waals surface area contributed by atoms with Crippen LogP contribution in [0.25, 0.3) is 6.08 Å². The molecular weight excluding hydrogens is 298 g/mol. The summed E-state index contributed by atoms with van der Waals surface area (Å²) < 4.78 is 10.6. The molecule has 0 spiro atoms. The highest BCUT2D eigenvalue weighted by Crippen LogP contribution is 2.39. The Bertz CT molecular complexity index is 755. The lowest BCUT2D eigenvalue weighted by molar-refractivity contribution is -0.112. The number of methoxy groups -OCH3 is 2. The number of hydrogen-bond donors (Lipinski definition) is 1. The van der Waals surface area contributed by atoms with E-state index in [0.29, 0.717) is 16.4 Å². The van der Waals surface area contributed by atoms with Crippen LogP contribution in [0.5, 0.6) is 11.5 Å². The lowest BCUT2D eigenvalue weighted by atomic mass is 10.1. The number of fused-ring (bicyclic) bond motifs is 1. The Morgan fingerprint density at radius 3 is 2.68 bits per heavy atom. The molecule has 1 amide bonds. The van der Waals surface area contributed by atoms with Gasteiger partial charge in [0.1, 0.15) is 11.5 Å². The van der Waals surface area contributed by atoms with E-state index < -0.39 is 0 Å². The van der Waals surface area contributed by atoms with Gasteiger partial charge in [0.15, 0.2) is 0 Å². The molecule has 0 radical (unpaired) electrons. The van der Waals surface area contributed by atoms with E-state index >= 15 is 0 Å². The van der Waals surface area contributed by atoms with Crippen molar-refractivity contribution >= 4 is 29.4 Å². The molecule has 1 aliphatic heterocycles. The van der Waals surface area contributed by atoms with Crippen LogP contribution in [0.1, 0.15) is 5.56 Å². The van der Waals surface area contributed by atoms with Gasteiger partial charge < -0.3 is 14.8 Å². The summed E-state index contributed by atoms with van der Waals surface area (Å²) in [5.41, 5.74) is 1.64. The second-order valence-electron chi connectivity index (χ2n) is 4.67. The highest BCUT2D eigenvalue weighted by molar-refractivity contribution is 8.04. The SMILES string of the molecule is COc1ccc(OC)c(/C=C2\Sc3ccccc3NC2=O)c1. The van der Waals surface area contributed by atoms with Crippen molar-refractivity contribution in [1.29, 1.82) is 0 Å². The van der Waals surface area contributed by atoms with E-state index in [-0.39, 0.29) is 5.91 Å². The van der Waals surface area contributed by atoms with Gasteiger partial charge in [0.2, 0.25) is 0 Å². The number of carbonyl (C=O) groups is 1. The normalized spacial score (nSPS) is 15.2. The molecule has 1 N–H and O–H groups in total. The van der Waals surface area contributed by atoms with Crippen LogP contribution in [0.4, 0.5) is 5.69 Å². The minimum atomic E-state index is -0.117. The molecule has 4 nitrogen and oxygen atoms in total. The van der Waals surface area contributed by atoms with Crippen molar-refractivity contribution in [3.8, 4) is 11.5 Å². The first-order valence-electron chi connectivity index (χ1n) is 6.73. The molecule has 0 bridgehead atoms. The molecule has 112 valence electrons. The largest absolute Gasteiger partial charge is 0.497 e. The second-order valence-corrected chi connectivity index (χ2v) is 5.75. The van der Waals surface area contributed by atoms with Crippen molar-refractivity contribution in [2.24, 2.45) is 0 Å². The Labute approximate surface area is 133 Å². The summed E-state index contributed by atoms with van der Waals surface area (Å²) in [6.45, 7) is 0. The maximum Gasteiger partial charge on any atom is 0.262 e. The Balaban J connectivity index is 2.00. The smallest absolute Gasteiger partial charge is 0.262 e. The Morgan fingerprint density at radius 1 is 1.09 bits per heavy atom. The summed E-state index contributed by atoms with van der Waals surface area (Å²) >= 11 is 1.45. The number of nitrogens with one attached hydrogen (secondary N) is 1. The molecule has 0 fully saturated rings. The van der Waals surface area contributed by atoms with Gasteiger partial charge in [0.05, 0.1) is 24.8 Å². The Hall–Kier alpha value is -2.40. The fraction of sp³-hybridized carbons (Fsp3) is 0.118. The van der Waals surface area contributed by atoms with Crippen molar-refractivity contribution < 1.29 is 14.3 Å². The second kappa shape index (κ2) is 6.15. The number of benzene rings is 2. The highest BCUT2D eigenvalue weighted by atomic mass is 32.2. The van der Waals surface area contributed by atoms with E-state index in [9.17, 15) is 4.79 Å². The standard InChI is InChI=1S/C17H15NO3S/c1-20-12-7-8-14(21-2)11(9-12)10-16-17(19)18-13-5-3-4-6-15(13)22-16/h3-10H,1-2H3,(H,18,19)/b16-10-. The van der Waals surface area contributed by atoms with E-state index in [0.717, 1.165) is 16.1 Å². The molecule has 0 unspecified atom stereocenters. The quantitative estimate of drug-likeness (QED) is 0.876. The van der Waals surface area contributed by atoms with Crippen LogP contribution in [0.15, 0.2) is 52.3 Å². The zero-order valence-corrected chi connectivity index (χ0v) is 13.1. The van der Waals surface area contributed by atoms with Gasteiger partial charge >= 0.3 is 0 Å². The fourth-order valence-corrected chi connectivity index (χ4v) is 3.14. The molecule has 1 heterocycles. The number of ether oxygens (including phenoxy) is 2. The number of anilines is 1. The number of hydrogen-bond acceptors (Lipinski definition) is 4. The monoisotopic (exact) mass is 313 g/mol. The minimum absolute atomic E-state index is 0.117. The topological polar surface area (TPSA) is 47.6 Å². The molecule has 0 saturated heterocycles. The molecule has 1 aliphatic rings. The molecule has 5 heteroatoms. The Kier molecular flexibility index (Phi) is 4.06. The number of thioether (sulfide) groups is 1. The van der Waals surface area contributed by atoms with Crippen molar-refractivity contribution in [2.45, 2.75) is 4.90 Å². The van der Waals surface area contributed by atoms with E-state index in [4.69, 9.17) is 9.47 Å². The van der Waals surface area contributed by atoms with Crippen molar-refractivity contribution in [2.75, 3.05) is 19.5 Å². The third kappa shape index (κ3) is 2.80. The van der Waals surface area contributed by atoms with Crippen LogP contribution >= 0.6 is 11.8 Å². The maximum atomic E-state index is 12.2. The van der Waals surface area contributed by atoms with Gasteiger partial charge in [-0.1, -0.05) is 23.9 Å². The first kappa shape index (κ1) is 14.5. The van der Waals surface area contributed by atoms with Gasteiger partial charge in [-0.05, 0) is 36.4 Å². The molecule has 0 atom stereocenters. The average molecular weight is 313 g/mol. The predicted molar refractivity (Wildman–Crippen MR) is 88.5 cm³/mol. The maximum absolute atomic E-state index is 12.2. The molecular formula is C17H15NO3S. The molecule has 0 aliphatic carbocycles. The van der Waals surface area contributed by atoms with Crippen molar-refractivity contribution in [3.05, 3.63) is 52.9 Å². The van der Waals surface area contributed by atoms with E-state index in [1.807, 2.05) is 48.5 Å². The molecule has 0 aromatic heterocycles. The summed E-state index contributed by atoms with van der Waals surface area (Å²) in [6, 6.07) is 13.2. The summed E-state index contributed by atoms with van der Waals surface area (Å²) in [5.74, 6) is 1.29. The minimum Gasteiger partial charge on any atom is -0.497 e. The zero-order valence-electron chi connectivity index (χ0n) is 12.3. The van der Waals surface area contributed by atoms with Gasteiger partial charge in [-0.15, -0.1) is 0 Å². The van der Waals surface area contributed by atoms with Crippen molar-refractivity contribution in [3.63, 3.8) is 0 Å². The van der Waals surface area contributed by atoms with Gasteiger partial charge in [-0.3, -0.25) is 4.79 Å². The Morgan fingerprint density at radius 2 is 1.91 bits per heavy atom. The number of amides is 1. The molecule has 3 rings (SSSR count). The molecule has 2 aromatic carbocycles. The number of rotatable bonds is 3. The molecule has 0 saturated carbocycles. The van der Waals surface area contributed by atoms with Crippen LogP contribution in [0.3, 0.4) is 0 Å². The highest BCUT2D eigenvalue weighted by Gasteiger charge is 2.21. The summed E-state index contributed by atoms with van der Waals surface area (Å²) in [4.78, 5) is 13.9. The van der Waals surface area contributed by atoms with E-state index in [2.05, 4.69) is 5.32 Å². The predicted octanol–water partition coefficient (Wildman–Crippen LogP) is 3.79.